The SMILES string of the molecule is Cc1ccc(N=Nc2c(S(=O)(=O)O)cc3c(ccc4nc(-c5cccc(N)c5)sc43)c2[O-])c(S(=O)(=O)[O-])c1.[Na+].[Na+]. The Morgan fingerprint density at radius 3 is 2.30 bits per heavy atom. The molecule has 0 spiro atoms. The van der Waals surface area contributed by atoms with Crippen molar-refractivity contribution in [1.29, 1.82) is 0 Å². The van der Waals surface area contributed by atoms with Gasteiger partial charge in [0, 0.05) is 16.6 Å². The van der Waals surface area contributed by atoms with E-state index in [1.165, 1.54) is 29.5 Å². The molecule has 0 saturated carbocycles. The molecule has 0 amide bonds. The van der Waals surface area contributed by atoms with Crippen LogP contribution in [-0.2, 0) is 20.2 Å². The van der Waals surface area contributed by atoms with Gasteiger partial charge in [0.2, 0.25) is 0 Å². The predicted molar refractivity (Wildman–Crippen MR) is 140 cm³/mol. The average molecular weight is 615 g/mol. The summed E-state index contributed by atoms with van der Waals surface area (Å²) in [6.45, 7) is 1.56. The molecule has 0 aliphatic rings. The minimum atomic E-state index is -4.98. The maximum Gasteiger partial charge on any atom is 1.00 e. The average Bonchev–Trinajstić information content (AvgIpc) is 3.27. The number of fused-ring (bicyclic) bond motifs is 3. The molecule has 1 heterocycles. The van der Waals surface area contributed by atoms with Gasteiger partial charge in [0.05, 0.1) is 20.8 Å². The van der Waals surface area contributed by atoms with Crippen LogP contribution < -0.4 is 70.0 Å². The van der Waals surface area contributed by atoms with Gasteiger partial charge in [-0.25, -0.2) is 13.4 Å². The van der Waals surface area contributed by atoms with Crippen molar-refractivity contribution in [3.05, 3.63) is 66.2 Å². The number of nitrogens with zero attached hydrogens (tertiary/aromatic N) is 3. The minimum absolute atomic E-state index is 0. The molecule has 16 heteroatoms. The van der Waals surface area contributed by atoms with Gasteiger partial charge < -0.3 is 15.4 Å². The van der Waals surface area contributed by atoms with E-state index in [9.17, 15) is 31.0 Å². The van der Waals surface area contributed by atoms with Crippen LogP contribution in [0, 0.1) is 6.92 Å². The fourth-order valence-electron chi connectivity index (χ4n) is 3.89. The zero-order valence-electron chi connectivity index (χ0n) is 21.3. The number of thiazole rings is 1. The van der Waals surface area contributed by atoms with E-state index in [-0.39, 0.29) is 69.9 Å². The van der Waals surface area contributed by atoms with Crippen LogP contribution in [0.4, 0.5) is 17.1 Å². The van der Waals surface area contributed by atoms with Crippen molar-refractivity contribution in [3.8, 4) is 16.3 Å². The monoisotopic (exact) mass is 614 g/mol. The summed E-state index contributed by atoms with van der Waals surface area (Å²) < 4.78 is 70.0. The summed E-state index contributed by atoms with van der Waals surface area (Å²) in [5.41, 5.74) is 6.93. The van der Waals surface area contributed by atoms with E-state index in [0.717, 1.165) is 17.7 Å². The number of benzene rings is 4. The number of rotatable bonds is 5. The molecule has 0 saturated heterocycles. The number of nitrogen functional groups attached to an aromatic ring is 1. The molecular weight excluding hydrogens is 598 g/mol. The molecule has 11 nitrogen and oxygen atoms in total. The molecule has 0 unspecified atom stereocenters. The van der Waals surface area contributed by atoms with Crippen molar-refractivity contribution in [2.24, 2.45) is 10.2 Å². The van der Waals surface area contributed by atoms with Crippen molar-refractivity contribution < 1.29 is 90.2 Å². The standard InChI is InChI=1S/C24H18N4O7S3.2Na/c1-12-5-7-17(19(9-12)37(30,31)32)27-28-21-20(38(33,34)35)11-16-15(22(21)29)6-8-18-23(16)36-24(26-18)13-3-2-4-14(25)10-13;;/h2-11,29H,25H2,1H3,(H,30,31,32)(H,33,34,35);;/q;2*+1/p-2. The molecule has 0 aliphatic carbocycles. The van der Waals surface area contributed by atoms with Crippen LogP contribution in [0.5, 0.6) is 5.75 Å². The molecular formula is C24H16N4Na2O7S3. The van der Waals surface area contributed by atoms with Crippen LogP contribution in [0.2, 0.25) is 0 Å². The van der Waals surface area contributed by atoms with Crippen molar-refractivity contribution >= 4 is 69.6 Å². The second-order valence-corrected chi connectivity index (χ2v) is 12.0. The Labute approximate surface area is 277 Å². The predicted octanol–water partition coefficient (Wildman–Crippen LogP) is -1.35. The van der Waals surface area contributed by atoms with Crippen molar-refractivity contribution in [3.63, 3.8) is 0 Å². The zero-order valence-corrected chi connectivity index (χ0v) is 27.8. The molecule has 194 valence electrons. The van der Waals surface area contributed by atoms with Crippen LogP contribution in [0.25, 0.3) is 31.6 Å². The Bertz CT molecular complexity index is 2030. The number of aryl methyl sites for hydroxylation is 1. The first-order valence-corrected chi connectivity index (χ1v) is 14.4. The van der Waals surface area contributed by atoms with Gasteiger partial charge in [-0.3, -0.25) is 4.55 Å². The number of azo groups is 1. The molecule has 0 aliphatic heterocycles. The Kier molecular flexibility index (Phi) is 9.86. The Hall–Kier alpha value is -1.95. The van der Waals surface area contributed by atoms with Gasteiger partial charge in [-0.05, 0) is 54.3 Å². The molecule has 40 heavy (non-hydrogen) atoms. The molecule has 4 aromatic carbocycles. The molecule has 0 bridgehead atoms. The normalized spacial score (nSPS) is 12.0. The number of nitrogens with two attached hydrogens (primary N) is 1. The van der Waals surface area contributed by atoms with E-state index in [2.05, 4.69) is 15.2 Å². The van der Waals surface area contributed by atoms with Gasteiger partial charge in [-0.2, -0.15) is 8.42 Å². The van der Waals surface area contributed by atoms with Crippen molar-refractivity contribution in [2.75, 3.05) is 5.73 Å². The van der Waals surface area contributed by atoms with Crippen LogP contribution in [0.3, 0.4) is 0 Å². The van der Waals surface area contributed by atoms with Crippen LogP contribution in [0.1, 0.15) is 5.56 Å². The Morgan fingerprint density at radius 1 is 0.925 bits per heavy atom. The van der Waals surface area contributed by atoms with Crippen molar-refractivity contribution in [1.82, 2.24) is 4.98 Å². The summed E-state index contributed by atoms with van der Waals surface area (Å²) >= 11 is 1.20. The summed E-state index contributed by atoms with van der Waals surface area (Å²) in [6.07, 6.45) is 0. The maximum atomic E-state index is 13.4. The number of hydrogen-bond acceptors (Lipinski definition) is 11. The van der Waals surface area contributed by atoms with Gasteiger partial charge >= 0.3 is 59.1 Å². The fourth-order valence-corrected chi connectivity index (χ4v) is 6.31. The van der Waals surface area contributed by atoms with E-state index in [0.29, 0.717) is 26.5 Å². The quantitative estimate of drug-likeness (QED) is 0.104. The molecule has 3 N–H and O–H groups in total. The first kappa shape index (κ1) is 32.6. The summed E-state index contributed by atoms with van der Waals surface area (Å²) in [5, 5.41) is 21.6. The van der Waals surface area contributed by atoms with Crippen LogP contribution in [-0.4, -0.2) is 30.9 Å². The summed E-state index contributed by atoms with van der Waals surface area (Å²) in [4.78, 5) is 3.03. The Balaban J connectivity index is 0.00000220. The summed E-state index contributed by atoms with van der Waals surface area (Å²) in [6, 6.07) is 14.9. The molecule has 0 fully saturated rings. The zero-order chi connectivity index (χ0) is 27.4. The second-order valence-electron chi connectivity index (χ2n) is 8.31. The number of aromatic nitrogens is 1. The third kappa shape index (κ3) is 6.42. The van der Waals surface area contributed by atoms with Gasteiger partial charge in [0.15, 0.2) is 0 Å². The molecule has 5 aromatic rings. The Morgan fingerprint density at radius 2 is 1.65 bits per heavy atom. The largest absolute Gasteiger partial charge is 1.00 e. The first-order valence-electron chi connectivity index (χ1n) is 10.7. The first-order chi connectivity index (χ1) is 17.8. The third-order valence-corrected chi connectivity index (χ3v) is 8.50. The van der Waals surface area contributed by atoms with E-state index >= 15 is 0 Å². The molecule has 0 radical (unpaired) electrons. The third-order valence-electron chi connectivity index (χ3n) is 5.62. The van der Waals surface area contributed by atoms with E-state index in [1.807, 2.05) is 0 Å². The molecule has 5 rings (SSSR count). The maximum absolute atomic E-state index is 13.4. The van der Waals surface area contributed by atoms with Crippen molar-refractivity contribution in [2.45, 2.75) is 16.7 Å². The fraction of sp³-hybridized carbons (Fsp3) is 0.0417. The van der Waals surface area contributed by atoms with E-state index < -0.39 is 47.2 Å². The topological polar surface area (TPSA) is 198 Å². The summed E-state index contributed by atoms with van der Waals surface area (Å²) in [7, 11) is -9.94. The molecule has 1 aromatic heterocycles. The van der Waals surface area contributed by atoms with Gasteiger partial charge in [0.1, 0.15) is 25.7 Å². The van der Waals surface area contributed by atoms with E-state index in [4.69, 9.17) is 5.73 Å². The number of hydrogen-bond donors (Lipinski definition) is 2. The minimum Gasteiger partial charge on any atom is -0.871 e. The van der Waals surface area contributed by atoms with Gasteiger partial charge in [-0.1, -0.05) is 30.0 Å². The smallest absolute Gasteiger partial charge is 0.871 e. The van der Waals surface area contributed by atoms with Crippen LogP contribution in [0.15, 0.2) is 80.7 Å². The van der Waals surface area contributed by atoms with E-state index in [1.54, 1.807) is 37.3 Å². The number of anilines is 1. The second kappa shape index (κ2) is 12.1. The molecule has 0 atom stereocenters. The van der Waals surface area contributed by atoms with Gasteiger partial charge in [0.25, 0.3) is 10.1 Å². The van der Waals surface area contributed by atoms with Gasteiger partial charge in [-0.15, -0.1) is 21.6 Å². The summed E-state index contributed by atoms with van der Waals surface area (Å²) in [5.74, 6) is -0.877. The van der Waals surface area contributed by atoms with Crippen LogP contribution >= 0.6 is 11.3 Å².